The Labute approximate surface area is 154 Å². The molecule has 136 valence electrons. The fourth-order valence-electron chi connectivity index (χ4n) is 2.33. The molecule has 0 aliphatic carbocycles. The van der Waals surface area contributed by atoms with Crippen molar-refractivity contribution in [3.05, 3.63) is 52.0 Å². The van der Waals surface area contributed by atoms with Crippen molar-refractivity contribution in [3.8, 4) is 17.2 Å². The first-order valence-corrected chi connectivity index (χ1v) is 8.64. The molecule has 0 aliphatic heterocycles. The van der Waals surface area contributed by atoms with Crippen LogP contribution in [0.3, 0.4) is 0 Å². The van der Waals surface area contributed by atoms with E-state index in [-0.39, 0.29) is 0 Å². The molecular formula is C20H25ClO4. The maximum atomic E-state index is 6.08. The summed E-state index contributed by atoms with van der Waals surface area (Å²) in [6.07, 6.45) is 0. The van der Waals surface area contributed by atoms with E-state index in [0.717, 1.165) is 39.0 Å². The van der Waals surface area contributed by atoms with Gasteiger partial charge in [0.25, 0.3) is 0 Å². The van der Waals surface area contributed by atoms with E-state index in [2.05, 4.69) is 0 Å². The van der Waals surface area contributed by atoms with Crippen LogP contribution in [0.5, 0.6) is 17.2 Å². The molecule has 0 saturated carbocycles. The Kier molecular flexibility index (Phi) is 7.41. The van der Waals surface area contributed by atoms with Crippen LogP contribution >= 0.6 is 11.6 Å². The number of hydrogen-bond acceptors (Lipinski definition) is 4. The van der Waals surface area contributed by atoms with Gasteiger partial charge in [-0.25, -0.2) is 0 Å². The maximum Gasteiger partial charge on any atom is 0.161 e. The molecule has 2 rings (SSSR count). The number of hydrogen-bond donors (Lipinski definition) is 0. The quantitative estimate of drug-likeness (QED) is 0.602. The number of ether oxygens (including phenoxy) is 4. The lowest BCUT2D eigenvalue weighted by molar-refractivity contribution is 0.0755. The van der Waals surface area contributed by atoms with Gasteiger partial charge in [-0.1, -0.05) is 17.7 Å². The highest BCUT2D eigenvalue weighted by Gasteiger charge is 2.05. The molecule has 0 fully saturated rings. The molecule has 0 atom stereocenters. The van der Waals surface area contributed by atoms with E-state index in [9.17, 15) is 0 Å². The standard InChI is InChI=1S/C20H25ClO4/c1-14-5-6-18(20(11-14)22-4)24-9-7-23-8-10-25-19-13-15(2)17(21)12-16(19)3/h5-6,11-13H,7-10H2,1-4H3. The normalized spacial score (nSPS) is 10.6. The van der Waals surface area contributed by atoms with E-state index in [0.29, 0.717) is 26.4 Å². The monoisotopic (exact) mass is 364 g/mol. The van der Waals surface area contributed by atoms with Crippen molar-refractivity contribution in [2.75, 3.05) is 33.5 Å². The summed E-state index contributed by atoms with van der Waals surface area (Å²) in [7, 11) is 1.63. The van der Waals surface area contributed by atoms with E-state index < -0.39 is 0 Å². The van der Waals surface area contributed by atoms with Gasteiger partial charge in [-0.2, -0.15) is 0 Å². The Bertz CT molecular complexity index is 700. The lowest BCUT2D eigenvalue weighted by Gasteiger charge is -2.13. The second-order valence-electron chi connectivity index (χ2n) is 5.83. The van der Waals surface area contributed by atoms with Gasteiger partial charge in [0.1, 0.15) is 19.0 Å². The molecule has 0 amide bonds. The SMILES string of the molecule is COc1cc(C)ccc1OCCOCCOc1cc(C)c(Cl)cc1C. The van der Waals surface area contributed by atoms with Gasteiger partial charge < -0.3 is 18.9 Å². The van der Waals surface area contributed by atoms with Crippen LogP contribution in [0.25, 0.3) is 0 Å². The summed E-state index contributed by atoms with van der Waals surface area (Å²) >= 11 is 6.08. The molecular weight excluding hydrogens is 340 g/mol. The van der Waals surface area contributed by atoms with Crippen molar-refractivity contribution in [2.24, 2.45) is 0 Å². The van der Waals surface area contributed by atoms with Gasteiger partial charge >= 0.3 is 0 Å². The summed E-state index contributed by atoms with van der Waals surface area (Å²) in [5.74, 6) is 2.29. The molecule has 0 aromatic heterocycles. The van der Waals surface area contributed by atoms with Crippen molar-refractivity contribution in [2.45, 2.75) is 20.8 Å². The first-order valence-electron chi connectivity index (χ1n) is 8.26. The van der Waals surface area contributed by atoms with E-state index in [1.165, 1.54) is 0 Å². The topological polar surface area (TPSA) is 36.9 Å². The predicted octanol–water partition coefficient (Wildman–Crippen LogP) is 4.75. The molecule has 0 radical (unpaired) electrons. The average Bonchev–Trinajstić information content (AvgIpc) is 2.59. The zero-order chi connectivity index (χ0) is 18.2. The molecule has 25 heavy (non-hydrogen) atoms. The molecule has 0 unspecified atom stereocenters. The van der Waals surface area contributed by atoms with E-state index >= 15 is 0 Å². The van der Waals surface area contributed by atoms with E-state index in [1.807, 2.05) is 51.1 Å². The minimum absolute atomic E-state index is 0.457. The van der Waals surface area contributed by atoms with Crippen molar-refractivity contribution in [1.82, 2.24) is 0 Å². The second-order valence-corrected chi connectivity index (χ2v) is 6.24. The van der Waals surface area contributed by atoms with Crippen LogP contribution < -0.4 is 14.2 Å². The summed E-state index contributed by atoms with van der Waals surface area (Å²) in [6, 6.07) is 9.70. The van der Waals surface area contributed by atoms with Crippen LogP contribution in [0.4, 0.5) is 0 Å². The van der Waals surface area contributed by atoms with E-state index in [4.69, 9.17) is 30.5 Å². The molecule has 0 heterocycles. The van der Waals surface area contributed by atoms with Crippen LogP contribution in [0.2, 0.25) is 5.02 Å². The van der Waals surface area contributed by atoms with Gasteiger partial charge in [-0.05, 0) is 61.7 Å². The van der Waals surface area contributed by atoms with Gasteiger partial charge in [0.15, 0.2) is 11.5 Å². The zero-order valence-electron chi connectivity index (χ0n) is 15.2. The average molecular weight is 365 g/mol. The fourth-order valence-corrected chi connectivity index (χ4v) is 2.55. The zero-order valence-corrected chi connectivity index (χ0v) is 16.0. The predicted molar refractivity (Wildman–Crippen MR) is 100 cm³/mol. The molecule has 4 nitrogen and oxygen atoms in total. The molecule has 0 bridgehead atoms. The number of rotatable bonds is 9. The Morgan fingerprint density at radius 3 is 2.12 bits per heavy atom. The number of methoxy groups -OCH3 is 1. The van der Waals surface area contributed by atoms with Gasteiger partial charge in [-0.3, -0.25) is 0 Å². The number of aryl methyl sites for hydroxylation is 3. The molecule has 2 aromatic rings. The van der Waals surface area contributed by atoms with Crippen LogP contribution in [0, 0.1) is 20.8 Å². The molecule has 0 saturated heterocycles. The van der Waals surface area contributed by atoms with Crippen LogP contribution in [-0.2, 0) is 4.74 Å². The highest BCUT2D eigenvalue weighted by Crippen LogP contribution is 2.28. The molecule has 2 aromatic carbocycles. The Morgan fingerprint density at radius 1 is 0.760 bits per heavy atom. The molecule has 0 aliphatic rings. The summed E-state index contributed by atoms with van der Waals surface area (Å²) < 4.78 is 22.3. The highest BCUT2D eigenvalue weighted by molar-refractivity contribution is 6.31. The lowest BCUT2D eigenvalue weighted by Crippen LogP contribution is -2.12. The Hall–Kier alpha value is -1.91. The van der Waals surface area contributed by atoms with Crippen molar-refractivity contribution < 1.29 is 18.9 Å². The molecule has 0 N–H and O–H groups in total. The lowest BCUT2D eigenvalue weighted by atomic mass is 10.1. The maximum absolute atomic E-state index is 6.08. The highest BCUT2D eigenvalue weighted by atomic mass is 35.5. The van der Waals surface area contributed by atoms with Gasteiger partial charge in [0, 0.05) is 5.02 Å². The number of benzene rings is 2. The Morgan fingerprint density at radius 2 is 1.44 bits per heavy atom. The van der Waals surface area contributed by atoms with Crippen LogP contribution in [0.15, 0.2) is 30.3 Å². The molecule has 0 spiro atoms. The third-order valence-electron chi connectivity index (χ3n) is 3.75. The smallest absolute Gasteiger partial charge is 0.161 e. The van der Waals surface area contributed by atoms with Gasteiger partial charge in [0.05, 0.1) is 20.3 Å². The third-order valence-corrected chi connectivity index (χ3v) is 4.15. The minimum atomic E-state index is 0.457. The van der Waals surface area contributed by atoms with Gasteiger partial charge in [-0.15, -0.1) is 0 Å². The first kappa shape index (κ1) is 19.4. The van der Waals surface area contributed by atoms with E-state index in [1.54, 1.807) is 7.11 Å². The van der Waals surface area contributed by atoms with Gasteiger partial charge in [0.2, 0.25) is 0 Å². The molecule has 5 heteroatoms. The second kappa shape index (κ2) is 9.54. The van der Waals surface area contributed by atoms with Crippen molar-refractivity contribution >= 4 is 11.6 Å². The van der Waals surface area contributed by atoms with Crippen molar-refractivity contribution in [1.29, 1.82) is 0 Å². The number of halogens is 1. The van der Waals surface area contributed by atoms with Crippen molar-refractivity contribution in [3.63, 3.8) is 0 Å². The first-order chi connectivity index (χ1) is 12.0. The third kappa shape index (κ3) is 5.83. The van der Waals surface area contributed by atoms with Crippen LogP contribution in [0.1, 0.15) is 16.7 Å². The fraction of sp³-hybridized carbons (Fsp3) is 0.400. The summed E-state index contributed by atoms with van der Waals surface area (Å²) in [5, 5.41) is 0.754. The Balaban J connectivity index is 1.67. The largest absolute Gasteiger partial charge is 0.493 e. The van der Waals surface area contributed by atoms with Crippen LogP contribution in [-0.4, -0.2) is 33.5 Å². The summed E-state index contributed by atoms with van der Waals surface area (Å²) in [4.78, 5) is 0. The summed E-state index contributed by atoms with van der Waals surface area (Å²) in [6.45, 7) is 7.87. The minimum Gasteiger partial charge on any atom is -0.493 e. The summed E-state index contributed by atoms with van der Waals surface area (Å²) in [5.41, 5.74) is 3.15.